The van der Waals surface area contributed by atoms with Gasteiger partial charge in [-0.1, -0.05) is 12.2 Å². The Morgan fingerprint density at radius 2 is 1.50 bits per heavy atom. The fourth-order valence-corrected chi connectivity index (χ4v) is 6.55. The fourth-order valence-electron chi connectivity index (χ4n) is 6.55. The van der Waals surface area contributed by atoms with E-state index in [4.69, 9.17) is 0 Å². The maximum Gasteiger partial charge on any atom is 0.224 e. The highest BCUT2D eigenvalue weighted by Gasteiger charge is 2.53. The topological polar surface area (TPSA) is 69.2 Å². The van der Waals surface area contributed by atoms with Crippen LogP contribution in [0.1, 0.15) is 58.3 Å². The molecule has 0 aliphatic heterocycles. The van der Waals surface area contributed by atoms with Crippen LogP contribution in [0, 0.1) is 35.0 Å². The van der Waals surface area contributed by atoms with Gasteiger partial charge in [0.1, 0.15) is 0 Å². The second kappa shape index (κ2) is 5.89. The highest BCUT2D eigenvalue weighted by molar-refractivity contribution is 5.85. The molecule has 132 valence electrons. The third-order valence-electron chi connectivity index (χ3n) is 7.43. The Labute approximate surface area is 144 Å². The third-order valence-corrected chi connectivity index (χ3v) is 7.43. The second-order valence-corrected chi connectivity index (χ2v) is 8.99. The summed E-state index contributed by atoms with van der Waals surface area (Å²) in [6.45, 7) is 2.15. The van der Waals surface area contributed by atoms with Gasteiger partial charge in [-0.25, -0.2) is 0 Å². The van der Waals surface area contributed by atoms with Crippen LogP contribution in [0.5, 0.6) is 0 Å². The number of carboxylic acids is 1. The number of carboxylic acid groups (broad SMARTS) is 1. The molecule has 0 aromatic heterocycles. The Balaban J connectivity index is 1.46. The summed E-state index contributed by atoms with van der Waals surface area (Å²) < 4.78 is 0. The molecule has 5 aliphatic rings. The zero-order valence-corrected chi connectivity index (χ0v) is 14.5. The molecule has 4 nitrogen and oxygen atoms in total. The van der Waals surface area contributed by atoms with E-state index in [1.54, 1.807) is 0 Å². The lowest BCUT2D eigenvalue weighted by Gasteiger charge is -2.59. The van der Waals surface area contributed by atoms with Crippen LogP contribution in [0.2, 0.25) is 0 Å². The number of rotatable bonds is 4. The predicted octanol–water partition coefficient (Wildman–Crippen LogP) is 2.04. The van der Waals surface area contributed by atoms with Gasteiger partial charge in [-0.2, -0.15) is 0 Å². The van der Waals surface area contributed by atoms with Crippen LogP contribution in [0.15, 0.2) is 12.2 Å². The monoisotopic (exact) mass is 330 g/mol. The molecule has 3 atom stereocenters. The van der Waals surface area contributed by atoms with Gasteiger partial charge in [0, 0.05) is 23.8 Å². The lowest BCUT2D eigenvalue weighted by atomic mass is 9.48. The van der Waals surface area contributed by atoms with Crippen molar-refractivity contribution in [1.29, 1.82) is 0 Å². The van der Waals surface area contributed by atoms with E-state index in [-0.39, 0.29) is 17.4 Å². The summed E-state index contributed by atoms with van der Waals surface area (Å²) in [5.41, 5.74) is 0.256. The number of aliphatic carboxylic acids is 1. The SMILES string of the molecule is C[C@H](NC(=O)[C@H]1CC=CC[C@@H]1C(=O)[O-])C12CC3CC(CC(C3)C1)C2. The highest BCUT2D eigenvalue weighted by Crippen LogP contribution is 2.61. The van der Waals surface area contributed by atoms with Crippen molar-refractivity contribution in [2.24, 2.45) is 35.0 Å². The van der Waals surface area contributed by atoms with Gasteiger partial charge in [0.2, 0.25) is 5.91 Å². The molecular weight excluding hydrogens is 302 g/mol. The Morgan fingerprint density at radius 3 is 2.00 bits per heavy atom. The molecule has 1 amide bonds. The third kappa shape index (κ3) is 2.68. The summed E-state index contributed by atoms with van der Waals surface area (Å²) in [4.78, 5) is 24.1. The summed E-state index contributed by atoms with van der Waals surface area (Å²) in [7, 11) is 0. The fraction of sp³-hybridized carbons (Fsp3) is 0.800. The van der Waals surface area contributed by atoms with Crippen LogP contribution in [0.3, 0.4) is 0 Å². The first-order valence-electron chi connectivity index (χ1n) is 9.63. The van der Waals surface area contributed by atoms with Crippen LogP contribution < -0.4 is 10.4 Å². The van der Waals surface area contributed by atoms with Crippen molar-refractivity contribution in [3.63, 3.8) is 0 Å². The average molecular weight is 330 g/mol. The number of nitrogens with one attached hydrogen (secondary N) is 1. The lowest BCUT2D eigenvalue weighted by molar-refractivity contribution is -0.313. The summed E-state index contributed by atoms with van der Waals surface area (Å²) in [5, 5.41) is 14.6. The molecule has 5 rings (SSSR count). The van der Waals surface area contributed by atoms with E-state index in [0.29, 0.717) is 12.8 Å². The molecule has 4 bridgehead atoms. The first-order valence-corrected chi connectivity index (χ1v) is 9.63. The molecule has 0 aromatic carbocycles. The minimum absolute atomic E-state index is 0.0863. The van der Waals surface area contributed by atoms with Crippen molar-refractivity contribution in [2.45, 2.75) is 64.3 Å². The lowest BCUT2D eigenvalue weighted by Crippen LogP contribution is -2.57. The molecule has 4 heteroatoms. The molecule has 24 heavy (non-hydrogen) atoms. The van der Waals surface area contributed by atoms with E-state index in [1.165, 1.54) is 38.5 Å². The minimum atomic E-state index is -1.10. The summed E-state index contributed by atoms with van der Waals surface area (Å²) in [6, 6.07) is 0.145. The maximum absolute atomic E-state index is 12.8. The van der Waals surface area contributed by atoms with Gasteiger partial charge in [0.05, 0.1) is 0 Å². The van der Waals surface area contributed by atoms with Crippen molar-refractivity contribution >= 4 is 11.9 Å². The minimum Gasteiger partial charge on any atom is -0.550 e. The van der Waals surface area contributed by atoms with E-state index >= 15 is 0 Å². The zero-order valence-electron chi connectivity index (χ0n) is 14.5. The summed E-state index contributed by atoms with van der Waals surface area (Å²) in [5.74, 6) is 0.214. The Kier molecular flexibility index (Phi) is 3.97. The van der Waals surface area contributed by atoms with Gasteiger partial charge in [0.25, 0.3) is 0 Å². The molecule has 0 radical (unpaired) electrons. The number of hydrogen-bond acceptors (Lipinski definition) is 3. The number of amides is 1. The Hall–Kier alpha value is -1.32. The van der Waals surface area contributed by atoms with Gasteiger partial charge < -0.3 is 15.2 Å². The standard InChI is InChI=1S/C20H29NO3/c1-12(20-9-13-6-14(10-20)8-15(7-13)11-20)21-18(22)16-4-2-3-5-17(16)19(23)24/h2-3,12-17H,4-11H2,1H3,(H,21,22)(H,23,24)/p-1/t12-,13?,14?,15?,16-,17-,20?/m0/s1. The normalized spacial score (nSPS) is 44.3. The number of allylic oxidation sites excluding steroid dienone is 2. The number of hydrogen-bond donors (Lipinski definition) is 1. The van der Waals surface area contributed by atoms with Crippen LogP contribution in [0.25, 0.3) is 0 Å². The molecule has 0 unspecified atom stereocenters. The van der Waals surface area contributed by atoms with Gasteiger partial charge in [-0.15, -0.1) is 0 Å². The highest BCUT2D eigenvalue weighted by atomic mass is 16.4. The quantitative estimate of drug-likeness (QED) is 0.802. The molecule has 0 heterocycles. The Bertz CT molecular complexity index is 532. The molecule has 0 aromatic rings. The average Bonchev–Trinajstić information content (AvgIpc) is 2.53. The van der Waals surface area contributed by atoms with E-state index in [1.807, 2.05) is 12.2 Å². The first-order chi connectivity index (χ1) is 11.5. The number of carbonyl (C=O) groups excluding carboxylic acids is 2. The largest absolute Gasteiger partial charge is 0.550 e. The Morgan fingerprint density at radius 1 is 1.00 bits per heavy atom. The first kappa shape index (κ1) is 16.2. The van der Waals surface area contributed by atoms with Crippen LogP contribution in [-0.4, -0.2) is 17.9 Å². The smallest absolute Gasteiger partial charge is 0.224 e. The van der Waals surface area contributed by atoms with Crippen molar-refractivity contribution in [2.75, 3.05) is 0 Å². The van der Waals surface area contributed by atoms with E-state index in [9.17, 15) is 14.7 Å². The molecule has 0 spiro atoms. The second-order valence-electron chi connectivity index (χ2n) is 8.99. The predicted molar refractivity (Wildman–Crippen MR) is 88.6 cm³/mol. The van der Waals surface area contributed by atoms with Crippen molar-refractivity contribution in [1.82, 2.24) is 5.32 Å². The zero-order chi connectivity index (χ0) is 16.9. The van der Waals surface area contributed by atoms with Crippen LogP contribution >= 0.6 is 0 Å². The van der Waals surface area contributed by atoms with Crippen molar-refractivity contribution < 1.29 is 14.7 Å². The summed E-state index contributed by atoms with van der Waals surface area (Å²) in [6.07, 6.45) is 12.6. The van der Waals surface area contributed by atoms with Crippen LogP contribution in [-0.2, 0) is 9.59 Å². The number of carbonyl (C=O) groups is 2. The van der Waals surface area contributed by atoms with Gasteiger partial charge in [-0.05, 0) is 81.5 Å². The molecule has 1 N–H and O–H groups in total. The van der Waals surface area contributed by atoms with Gasteiger partial charge in [-0.3, -0.25) is 4.79 Å². The van der Waals surface area contributed by atoms with E-state index < -0.39 is 17.8 Å². The van der Waals surface area contributed by atoms with Crippen molar-refractivity contribution in [3.8, 4) is 0 Å². The van der Waals surface area contributed by atoms with Crippen LogP contribution in [0.4, 0.5) is 0 Å². The van der Waals surface area contributed by atoms with Gasteiger partial charge >= 0.3 is 0 Å². The molecule has 0 saturated heterocycles. The van der Waals surface area contributed by atoms with E-state index in [2.05, 4.69) is 12.2 Å². The molecule has 5 aliphatic carbocycles. The molecular formula is C20H28NO3-. The molecule has 4 fully saturated rings. The summed E-state index contributed by atoms with van der Waals surface area (Å²) >= 11 is 0. The van der Waals surface area contributed by atoms with Gasteiger partial charge in [0.15, 0.2) is 0 Å². The van der Waals surface area contributed by atoms with Crippen molar-refractivity contribution in [3.05, 3.63) is 12.2 Å². The maximum atomic E-state index is 12.8. The van der Waals surface area contributed by atoms with E-state index in [0.717, 1.165) is 17.8 Å². The molecule has 4 saturated carbocycles.